The first-order valence-electron chi connectivity index (χ1n) is 5.89. The van der Waals surface area contributed by atoms with Gasteiger partial charge in [-0.3, -0.25) is 0 Å². The summed E-state index contributed by atoms with van der Waals surface area (Å²) in [6, 6.07) is 0. The Balaban J connectivity index is 3.13. The molecule has 0 unspecified atom stereocenters. The molecule has 14 heavy (non-hydrogen) atoms. The molecule has 0 amide bonds. The van der Waals surface area contributed by atoms with Crippen LogP contribution in [0.2, 0.25) is 0 Å². The van der Waals surface area contributed by atoms with Gasteiger partial charge in [-0.25, -0.2) is 0 Å². The molecule has 1 nitrogen and oxygen atoms in total. The molecule has 86 valence electrons. The second-order valence-electron chi connectivity index (χ2n) is 4.89. The molecule has 1 N–H and O–H groups in total. The van der Waals surface area contributed by atoms with Crippen molar-refractivity contribution >= 4 is 11.6 Å². The number of halogens is 1. The minimum Gasteiger partial charge on any atom is -0.316 e. The van der Waals surface area contributed by atoms with Gasteiger partial charge in [-0.15, -0.1) is 11.6 Å². The molecule has 0 aliphatic heterocycles. The molecule has 0 fully saturated rings. The Morgan fingerprint density at radius 2 is 1.71 bits per heavy atom. The molecule has 0 saturated carbocycles. The van der Waals surface area contributed by atoms with Gasteiger partial charge in [0.15, 0.2) is 0 Å². The van der Waals surface area contributed by atoms with Crippen LogP contribution in [0.5, 0.6) is 0 Å². The summed E-state index contributed by atoms with van der Waals surface area (Å²) in [6.07, 6.45) is 6.76. The summed E-state index contributed by atoms with van der Waals surface area (Å²) < 4.78 is 0. The largest absolute Gasteiger partial charge is 0.316 e. The molecule has 2 heteroatoms. The molecular formula is C12H26ClN. The van der Waals surface area contributed by atoms with Crippen LogP contribution in [-0.2, 0) is 0 Å². The topological polar surface area (TPSA) is 12.0 Å². The lowest BCUT2D eigenvalue weighted by Gasteiger charge is -2.21. The summed E-state index contributed by atoms with van der Waals surface area (Å²) in [4.78, 5) is 0. The Morgan fingerprint density at radius 3 is 2.29 bits per heavy atom. The van der Waals surface area contributed by atoms with Crippen LogP contribution in [0.15, 0.2) is 0 Å². The Bertz CT molecular complexity index is 123. The van der Waals surface area contributed by atoms with Crippen LogP contribution in [0.4, 0.5) is 0 Å². The van der Waals surface area contributed by atoms with E-state index in [1.54, 1.807) is 0 Å². The average Bonchev–Trinajstić information content (AvgIpc) is 2.16. The van der Waals surface area contributed by atoms with Crippen molar-refractivity contribution in [1.82, 2.24) is 5.32 Å². The molecule has 0 saturated heterocycles. The Hall–Kier alpha value is 0.250. The molecule has 0 aliphatic carbocycles. The van der Waals surface area contributed by atoms with E-state index in [0.717, 1.165) is 19.0 Å². The van der Waals surface area contributed by atoms with Crippen molar-refractivity contribution in [2.24, 2.45) is 5.41 Å². The van der Waals surface area contributed by atoms with Crippen LogP contribution in [0, 0.1) is 5.41 Å². The lowest BCUT2D eigenvalue weighted by molar-refractivity contribution is 0.383. The second-order valence-corrected chi connectivity index (χ2v) is 5.16. The smallest absolute Gasteiger partial charge is 0.0286 e. The fraction of sp³-hybridized carbons (Fsp3) is 1.00. The van der Waals surface area contributed by atoms with Crippen molar-refractivity contribution in [1.29, 1.82) is 0 Å². The van der Waals surface area contributed by atoms with Crippen molar-refractivity contribution in [3.8, 4) is 0 Å². The third-order valence-electron chi connectivity index (χ3n) is 2.42. The highest BCUT2D eigenvalue weighted by atomic mass is 35.5. The number of hydrogen-bond acceptors (Lipinski definition) is 1. The lowest BCUT2D eigenvalue weighted by atomic mass is 9.96. The predicted octanol–water partition coefficient (Wildman–Crippen LogP) is 3.81. The predicted molar refractivity (Wildman–Crippen MR) is 66.1 cm³/mol. The summed E-state index contributed by atoms with van der Waals surface area (Å²) in [6.45, 7) is 8.82. The van der Waals surface area contributed by atoms with Crippen LogP contribution < -0.4 is 5.32 Å². The molecule has 0 spiro atoms. The van der Waals surface area contributed by atoms with Crippen LogP contribution in [0.3, 0.4) is 0 Å². The molecule has 0 aromatic carbocycles. The van der Waals surface area contributed by atoms with Crippen molar-refractivity contribution in [2.75, 3.05) is 19.0 Å². The van der Waals surface area contributed by atoms with E-state index >= 15 is 0 Å². The third kappa shape index (κ3) is 8.83. The van der Waals surface area contributed by atoms with Crippen LogP contribution in [-0.4, -0.2) is 19.0 Å². The first-order valence-corrected chi connectivity index (χ1v) is 6.42. The molecular weight excluding hydrogens is 194 g/mol. The highest BCUT2D eigenvalue weighted by Crippen LogP contribution is 2.14. The molecule has 0 aliphatic rings. The van der Waals surface area contributed by atoms with E-state index in [-0.39, 0.29) is 5.41 Å². The molecule has 0 aromatic heterocycles. The van der Waals surface area contributed by atoms with Gasteiger partial charge in [0.2, 0.25) is 0 Å². The summed E-state index contributed by atoms with van der Waals surface area (Å²) in [5, 5.41) is 3.47. The molecule has 0 atom stereocenters. The van der Waals surface area contributed by atoms with Gasteiger partial charge in [-0.05, 0) is 18.4 Å². The van der Waals surface area contributed by atoms with Crippen LogP contribution in [0.1, 0.15) is 52.9 Å². The normalized spacial score (nSPS) is 12.0. The second kappa shape index (κ2) is 8.55. The van der Waals surface area contributed by atoms with Crippen molar-refractivity contribution in [3.63, 3.8) is 0 Å². The van der Waals surface area contributed by atoms with Crippen LogP contribution >= 0.6 is 11.6 Å². The Labute approximate surface area is 94.6 Å². The van der Waals surface area contributed by atoms with E-state index < -0.39 is 0 Å². The SMILES string of the molecule is CCCCCCCNCC(C)(C)CCl. The molecule has 0 radical (unpaired) electrons. The molecule has 0 heterocycles. The number of unbranched alkanes of at least 4 members (excludes halogenated alkanes) is 4. The van der Waals surface area contributed by atoms with Gasteiger partial charge in [-0.1, -0.05) is 46.5 Å². The maximum atomic E-state index is 5.83. The molecule has 0 aromatic rings. The van der Waals surface area contributed by atoms with Gasteiger partial charge in [0.25, 0.3) is 0 Å². The van der Waals surface area contributed by atoms with Crippen LogP contribution in [0.25, 0.3) is 0 Å². The summed E-state index contributed by atoms with van der Waals surface area (Å²) >= 11 is 5.83. The number of rotatable bonds is 9. The fourth-order valence-electron chi connectivity index (χ4n) is 1.33. The standard InChI is InChI=1S/C12H26ClN/c1-4-5-6-7-8-9-14-11-12(2,3)10-13/h14H,4-11H2,1-3H3. The molecule has 0 rings (SSSR count). The van der Waals surface area contributed by atoms with Crippen molar-refractivity contribution in [3.05, 3.63) is 0 Å². The number of nitrogens with one attached hydrogen (secondary N) is 1. The summed E-state index contributed by atoms with van der Waals surface area (Å²) in [7, 11) is 0. The van der Waals surface area contributed by atoms with Crippen molar-refractivity contribution in [2.45, 2.75) is 52.9 Å². The minimum absolute atomic E-state index is 0.241. The fourth-order valence-corrected chi connectivity index (χ4v) is 1.42. The number of alkyl halides is 1. The zero-order valence-electron chi connectivity index (χ0n) is 10.0. The van der Waals surface area contributed by atoms with Gasteiger partial charge in [0.05, 0.1) is 0 Å². The quantitative estimate of drug-likeness (QED) is 0.460. The maximum absolute atomic E-state index is 5.83. The van der Waals surface area contributed by atoms with Gasteiger partial charge in [-0.2, -0.15) is 0 Å². The van der Waals surface area contributed by atoms with E-state index in [2.05, 4.69) is 26.1 Å². The van der Waals surface area contributed by atoms with Crippen molar-refractivity contribution < 1.29 is 0 Å². The highest BCUT2D eigenvalue weighted by molar-refractivity contribution is 6.18. The average molecular weight is 220 g/mol. The summed E-state index contributed by atoms with van der Waals surface area (Å²) in [5.41, 5.74) is 0.241. The van der Waals surface area contributed by atoms with Gasteiger partial charge in [0, 0.05) is 12.4 Å². The molecule has 0 bridgehead atoms. The van der Waals surface area contributed by atoms with Gasteiger partial charge in [0.1, 0.15) is 0 Å². The van der Waals surface area contributed by atoms with E-state index in [0.29, 0.717) is 0 Å². The monoisotopic (exact) mass is 219 g/mol. The van der Waals surface area contributed by atoms with E-state index in [1.807, 2.05) is 0 Å². The zero-order chi connectivity index (χ0) is 10.9. The number of hydrogen-bond donors (Lipinski definition) is 1. The third-order valence-corrected chi connectivity index (χ3v) is 3.15. The van der Waals surface area contributed by atoms with E-state index in [4.69, 9.17) is 11.6 Å². The first-order chi connectivity index (χ1) is 6.62. The summed E-state index contributed by atoms with van der Waals surface area (Å²) in [5.74, 6) is 0.732. The lowest BCUT2D eigenvalue weighted by Crippen LogP contribution is -2.31. The maximum Gasteiger partial charge on any atom is 0.0286 e. The van der Waals surface area contributed by atoms with E-state index in [9.17, 15) is 0 Å². The van der Waals surface area contributed by atoms with Gasteiger partial charge < -0.3 is 5.32 Å². The van der Waals surface area contributed by atoms with Gasteiger partial charge >= 0.3 is 0 Å². The highest BCUT2D eigenvalue weighted by Gasteiger charge is 2.14. The van der Waals surface area contributed by atoms with E-state index in [1.165, 1.54) is 32.1 Å². The minimum atomic E-state index is 0.241. The zero-order valence-corrected chi connectivity index (χ0v) is 10.8. The Kier molecular flexibility index (Phi) is 8.70. The first kappa shape index (κ1) is 14.2. The Morgan fingerprint density at radius 1 is 1.07 bits per heavy atom.